The third kappa shape index (κ3) is 3.56. The number of aryl methyl sites for hydroxylation is 1. The highest BCUT2D eigenvalue weighted by Crippen LogP contribution is 2.38. The van der Waals surface area contributed by atoms with Gasteiger partial charge in [-0.25, -0.2) is 4.98 Å². The van der Waals surface area contributed by atoms with Crippen LogP contribution >= 0.6 is 11.3 Å². The Morgan fingerprint density at radius 1 is 1.32 bits per heavy atom. The van der Waals surface area contributed by atoms with Gasteiger partial charge in [-0.2, -0.15) is 0 Å². The maximum atomic E-state index is 5.78. The number of hydrogen-bond donors (Lipinski definition) is 1. The van der Waals surface area contributed by atoms with E-state index in [9.17, 15) is 0 Å². The molecule has 0 saturated heterocycles. The van der Waals surface area contributed by atoms with Gasteiger partial charge in [-0.3, -0.25) is 0 Å². The standard InChI is InChI=1S/C15H28N2OS/c1-7-10-16-11(4)13-12(5)17-14(19-13)15(8-2,9-3)18-6/h11,16H,7-10H2,1-6H3. The summed E-state index contributed by atoms with van der Waals surface area (Å²) in [7, 11) is 1.79. The van der Waals surface area contributed by atoms with E-state index in [1.807, 2.05) is 0 Å². The Morgan fingerprint density at radius 3 is 2.42 bits per heavy atom. The minimum atomic E-state index is -0.210. The topological polar surface area (TPSA) is 34.1 Å². The van der Waals surface area contributed by atoms with E-state index in [-0.39, 0.29) is 5.60 Å². The highest BCUT2D eigenvalue weighted by Gasteiger charge is 2.32. The fourth-order valence-corrected chi connectivity index (χ4v) is 3.79. The van der Waals surface area contributed by atoms with Crippen LogP contribution in [0.5, 0.6) is 0 Å². The number of aromatic nitrogens is 1. The second-order valence-electron chi connectivity index (χ2n) is 5.05. The van der Waals surface area contributed by atoms with Crippen molar-refractivity contribution in [1.82, 2.24) is 10.3 Å². The fourth-order valence-electron chi connectivity index (χ4n) is 2.39. The molecule has 1 aromatic heterocycles. The van der Waals surface area contributed by atoms with E-state index < -0.39 is 0 Å². The molecule has 1 atom stereocenters. The minimum Gasteiger partial charge on any atom is -0.371 e. The molecule has 0 aliphatic carbocycles. The summed E-state index contributed by atoms with van der Waals surface area (Å²) in [5.41, 5.74) is 0.928. The van der Waals surface area contributed by atoms with Gasteiger partial charge in [-0.05, 0) is 39.7 Å². The van der Waals surface area contributed by atoms with E-state index in [0.29, 0.717) is 6.04 Å². The molecule has 0 radical (unpaired) electrons. The van der Waals surface area contributed by atoms with E-state index in [1.54, 1.807) is 18.4 Å². The van der Waals surface area contributed by atoms with Crippen molar-refractivity contribution in [3.05, 3.63) is 15.6 Å². The van der Waals surface area contributed by atoms with Crippen molar-refractivity contribution in [2.75, 3.05) is 13.7 Å². The number of thiazole rings is 1. The van der Waals surface area contributed by atoms with Gasteiger partial charge < -0.3 is 10.1 Å². The first-order chi connectivity index (χ1) is 9.04. The summed E-state index contributed by atoms with van der Waals surface area (Å²) in [6, 6.07) is 0.370. The molecular weight excluding hydrogens is 256 g/mol. The Labute approximate surface area is 121 Å². The molecule has 0 spiro atoms. The van der Waals surface area contributed by atoms with Crippen molar-refractivity contribution in [2.24, 2.45) is 0 Å². The van der Waals surface area contributed by atoms with Gasteiger partial charge in [0.2, 0.25) is 0 Å². The molecular formula is C15H28N2OS. The third-order valence-corrected chi connectivity index (χ3v) is 5.37. The Kier molecular flexibility index (Phi) is 6.43. The van der Waals surface area contributed by atoms with Crippen LogP contribution < -0.4 is 5.32 Å². The van der Waals surface area contributed by atoms with E-state index in [4.69, 9.17) is 9.72 Å². The lowest BCUT2D eigenvalue weighted by molar-refractivity contribution is -0.0219. The number of methoxy groups -OCH3 is 1. The quantitative estimate of drug-likeness (QED) is 0.778. The maximum Gasteiger partial charge on any atom is 0.125 e. The van der Waals surface area contributed by atoms with Gasteiger partial charge in [-0.15, -0.1) is 11.3 Å². The third-order valence-electron chi connectivity index (χ3n) is 3.85. The number of ether oxygens (including phenoxy) is 1. The SMILES string of the molecule is CCCNC(C)c1sc(C(CC)(CC)OC)nc1C. The summed E-state index contributed by atoms with van der Waals surface area (Å²) in [5, 5.41) is 4.66. The predicted octanol–water partition coefficient (Wildman–Crippen LogP) is 4.17. The van der Waals surface area contributed by atoms with E-state index in [0.717, 1.165) is 36.5 Å². The van der Waals surface area contributed by atoms with Gasteiger partial charge in [0.15, 0.2) is 0 Å². The van der Waals surface area contributed by atoms with E-state index in [2.05, 4.69) is 39.9 Å². The summed E-state index contributed by atoms with van der Waals surface area (Å²) in [5.74, 6) is 0. The van der Waals surface area contributed by atoms with Crippen molar-refractivity contribution in [3.63, 3.8) is 0 Å². The summed E-state index contributed by atoms with van der Waals surface area (Å²) < 4.78 is 5.78. The molecule has 1 rings (SSSR count). The van der Waals surface area contributed by atoms with E-state index >= 15 is 0 Å². The number of nitrogens with zero attached hydrogens (tertiary/aromatic N) is 1. The minimum absolute atomic E-state index is 0.210. The average Bonchev–Trinajstić information content (AvgIpc) is 2.81. The highest BCUT2D eigenvalue weighted by atomic mass is 32.1. The summed E-state index contributed by atoms with van der Waals surface area (Å²) in [6.45, 7) is 11.9. The van der Waals surface area contributed by atoms with Crippen molar-refractivity contribution in [2.45, 2.75) is 65.5 Å². The largest absolute Gasteiger partial charge is 0.371 e. The Bertz CT molecular complexity index is 377. The van der Waals surface area contributed by atoms with Crippen molar-refractivity contribution in [3.8, 4) is 0 Å². The molecule has 3 nitrogen and oxygen atoms in total. The van der Waals surface area contributed by atoms with Gasteiger partial charge >= 0.3 is 0 Å². The smallest absolute Gasteiger partial charge is 0.125 e. The molecule has 1 N–H and O–H groups in total. The van der Waals surface area contributed by atoms with Gasteiger partial charge in [0.25, 0.3) is 0 Å². The van der Waals surface area contributed by atoms with Crippen LogP contribution in [0, 0.1) is 6.92 Å². The van der Waals surface area contributed by atoms with Crippen LogP contribution in [0.2, 0.25) is 0 Å². The lowest BCUT2D eigenvalue weighted by Crippen LogP contribution is -2.26. The molecule has 0 aliphatic heterocycles. The van der Waals surface area contributed by atoms with Crippen LogP contribution in [0.3, 0.4) is 0 Å². The van der Waals surface area contributed by atoms with Crippen LogP contribution in [0.4, 0.5) is 0 Å². The summed E-state index contributed by atoms with van der Waals surface area (Å²) in [6.07, 6.45) is 3.08. The number of rotatable bonds is 8. The summed E-state index contributed by atoms with van der Waals surface area (Å²) >= 11 is 1.80. The zero-order valence-electron chi connectivity index (χ0n) is 13.2. The lowest BCUT2D eigenvalue weighted by atomic mass is 9.98. The van der Waals surface area contributed by atoms with Crippen LogP contribution in [0.25, 0.3) is 0 Å². The van der Waals surface area contributed by atoms with Crippen molar-refractivity contribution in [1.29, 1.82) is 0 Å². The highest BCUT2D eigenvalue weighted by molar-refractivity contribution is 7.12. The molecule has 0 saturated carbocycles. The van der Waals surface area contributed by atoms with Gasteiger partial charge in [0.05, 0.1) is 5.69 Å². The van der Waals surface area contributed by atoms with Crippen molar-refractivity contribution >= 4 is 11.3 Å². The number of hydrogen-bond acceptors (Lipinski definition) is 4. The molecule has 1 heterocycles. The van der Waals surface area contributed by atoms with Crippen LogP contribution in [0.15, 0.2) is 0 Å². The summed E-state index contributed by atoms with van der Waals surface area (Å²) in [4.78, 5) is 6.12. The first-order valence-corrected chi connectivity index (χ1v) is 8.12. The van der Waals surface area contributed by atoms with E-state index in [1.165, 1.54) is 4.88 Å². The monoisotopic (exact) mass is 284 g/mol. The molecule has 19 heavy (non-hydrogen) atoms. The zero-order valence-corrected chi connectivity index (χ0v) is 14.0. The molecule has 0 fully saturated rings. The number of nitrogens with one attached hydrogen (secondary N) is 1. The van der Waals surface area contributed by atoms with Crippen LogP contribution in [0.1, 0.15) is 68.6 Å². The Hall–Kier alpha value is -0.450. The Balaban J connectivity index is 3.00. The van der Waals surface area contributed by atoms with Crippen molar-refractivity contribution < 1.29 is 4.74 Å². The Morgan fingerprint density at radius 2 is 1.95 bits per heavy atom. The normalized spacial score (nSPS) is 13.8. The maximum absolute atomic E-state index is 5.78. The van der Waals surface area contributed by atoms with Crippen LogP contribution in [-0.4, -0.2) is 18.6 Å². The lowest BCUT2D eigenvalue weighted by Gasteiger charge is -2.27. The molecule has 0 aromatic carbocycles. The zero-order chi connectivity index (χ0) is 14.5. The molecule has 1 aromatic rings. The first-order valence-electron chi connectivity index (χ1n) is 7.30. The second kappa shape index (κ2) is 7.36. The van der Waals surface area contributed by atoms with Gasteiger partial charge in [-0.1, -0.05) is 20.8 Å². The van der Waals surface area contributed by atoms with Gasteiger partial charge in [0, 0.05) is 18.0 Å². The van der Waals surface area contributed by atoms with Gasteiger partial charge in [0.1, 0.15) is 10.6 Å². The predicted molar refractivity (Wildman–Crippen MR) is 82.8 cm³/mol. The molecule has 4 heteroatoms. The molecule has 1 unspecified atom stereocenters. The first kappa shape index (κ1) is 16.6. The average molecular weight is 284 g/mol. The fraction of sp³-hybridized carbons (Fsp3) is 0.800. The second-order valence-corrected chi connectivity index (χ2v) is 6.08. The van der Waals surface area contributed by atoms with Crippen LogP contribution in [-0.2, 0) is 10.3 Å². The molecule has 0 aliphatic rings. The molecule has 0 bridgehead atoms. The molecule has 110 valence electrons. The molecule has 0 amide bonds.